The molecule has 47 heavy (non-hydrogen) atoms. The lowest BCUT2D eigenvalue weighted by Crippen LogP contribution is -1.97. The van der Waals surface area contributed by atoms with Crippen LogP contribution in [0.25, 0.3) is 88.5 Å². The Kier molecular flexibility index (Phi) is 6.32. The number of halogens is 1. The Bertz CT molecular complexity index is 2540. The van der Waals surface area contributed by atoms with Gasteiger partial charge in [-0.25, -0.2) is 14.4 Å². The van der Waals surface area contributed by atoms with Crippen LogP contribution >= 0.6 is 0 Å². The predicted octanol–water partition coefficient (Wildman–Crippen LogP) is 11.2. The average molecular weight is 604 g/mol. The smallest absolute Gasteiger partial charge is 0.161 e. The van der Waals surface area contributed by atoms with Gasteiger partial charge < -0.3 is 0 Å². The zero-order valence-corrected chi connectivity index (χ0v) is 25.2. The Morgan fingerprint density at radius 3 is 1.74 bits per heavy atom. The molecule has 0 radical (unpaired) electrons. The van der Waals surface area contributed by atoms with Gasteiger partial charge in [0, 0.05) is 34.6 Å². The zero-order valence-electron chi connectivity index (χ0n) is 25.2. The third-order valence-corrected chi connectivity index (χ3v) is 9.03. The standard InChI is InChI=1S/C43H26FN3/c44-34-20-16-29(17-21-34)40-25-39(46-43(47-40)38-9-2-1-8-35(38)33-7-4-24-45-26-33)28-12-10-27(11-13-28)36-22-18-32-15-14-30-5-3-6-31-19-23-37(36)42(32)41(30)31/h1-26H. The SMILES string of the molecule is Fc1ccc(-c2cc(-c3ccc(-c4ccc5ccc6cccc7ccc4c5c67)cc3)nc(-c3ccccc3-c3cccnc3)n2)cc1. The molecule has 0 spiro atoms. The maximum absolute atomic E-state index is 13.9. The molecule has 4 heteroatoms. The molecule has 0 aliphatic heterocycles. The molecule has 0 fully saturated rings. The maximum Gasteiger partial charge on any atom is 0.161 e. The van der Waals surface area contributed by atoms with Gasteiger partial charge in [-0.2, -0.15) is 0 Å². The minimum absolute atomic E-state index is 0.285. The second kappa shape index (κ2) is 11.0. The lowest BCUT2D eigenvalue weighted by molar-refractivity contribution is 0.628. The van der Waals surface area contributed by atoms with Gasteiger partial charge in [0.05, 0.1) is 11.4 Å². The van der Waals surface area contributed by atoms with E-state index in [0.717, 1.165) is 44.8 Å². The number of pyridine rings is 1. The summed E-state index contributed by atoms with van der Waals surface area (Å²) in [5, 5.41) is 7.63. The Labute approximate surface area is 271 Å². The van der Waals surface area contributed by atoms with Gasteiger partial charge in [0.25, 0.3) is 0 Å². The summed E-state index contributed by atoms with van der Waals surface area (Å²) in [6.07, 6.45) is 3.61. The molecule has 0 unspecified atom stereocenters. The van der Waals surface area contributed by atoms with Crippen molar-refractivity contribution in [2.45, 2.75) is 0 Å². The van der Waals surface area contributed by atoms with Crippen LogP contribution in [0.4, 0.5) is 4.39 Å². The van der Waals surface area contributed by atoms with E-state index in [1.54, 1.807) is 18.3 Å². The highest BCUT2D eigenvalue weighted by Gasteiger charge is 2.16. The Hall–Kier alpha value is -6.26. The van der Waals surface area contributed by atoms with Gasteiger partial charge in [-0.05, 0) is 85.4 Å². The lowest BCUT2D eigenvalue weighted by atomic mass is 9.89. The molecule has 7 aromatic carbocycles. The van der Waals surface area contributed by atoms with E-state index >= 15 is 0 Å². The highest BCUT2D eigenvalue weighted by Crippen LogP contribution is 2.40. The van der Waals surface area contributed by atoms with Crippen molar-refractivity contribution in [2.75, 3.05) is 0 Å². The van der Waals surface area contributed by atoms with Crippen molar-refractivity contribution >= 4 is 32.3 Å². The fraction of sp³-hybridized carbons (Fsp3) is 0. The molecule has 0 aliphatic carbocycles. The number of aromatic nitrogens is 3. The molecule has 0 saturated carbocycles. The summed E-state index contributed by atoms with van der Waals surface area (Å²) in [4.78, 5) is 14.4. The van der Waals surface area contributed by atoms with Crippen molar-refractivity contribution in [1.29, 1.82) is 0 Å². The van der Waals surface area contributed by atoms with Crippen LogP contribution in [0.1, 0.15) is 0 Å². The van der Waals surface area contributed by atoms with E-state index in [9.17, 15) is 4.39 Å². The fourth-order valence-corrected chi connectivity index (χ4v) is 6.74. The molecular weight excluding hydrogens is 577 g/mol. The van der Waals surface area contributed by atoms with Gasteiger partial charge in [-0.1, -0.05) is 109 Å². The number of hydrogen-bond donors (Lipinski definition) is 0. The number of benzene rings is 7. The third kappa shape index (κ3) is 4.70. The summed E-state index contributed by atoms with van der Waals surface area (Å²) in [7, 11) is 0. The van der Waals surface area contributed by atoms with Gasteiger partial charge in [-0.15, -0.1) is 0 Å². The second-order valence-corrected chi connectivity index (χ2v) is 11.8. The van der Waals surface area contributed by atoms with Crippen LogP contribution in [0, 0.1) is 5.82 Å². The highest BCUT2D eigenvalue weighted by molar-refractivity contribution is 6.25. The quantitative estimate of drug-likeness (QED) is 0.184. The molecule has 3 nitrogen and oxygen atoms in total. The first-order chi connectivity index (χ1) is 23.2. The Balaban J connectivity index is 1.18. The summed E-state index contributed by atoms with van der Waals surface area (Å²) >= 11 is 0. The zero-order chi connectivity index (χ0) is 31.3. The summed E-state index contributed by atoms with van der Waals surface area (Å²) in [6.45, 7) is 0. The molecule has 0 aliphatic rings. The van der Waals surface area contributed by atoms with Crippen molar-refractivity contribution in [3.8, 4) is 56.2 Å². The minimum atomic E-state index is -0.285. The van der Waals surface area contributed by atoms with Crippen LogP contribution < -0.4 is 0 Å². The Morgan fingerprint density at radius 1 is 0.426 bits per heavy atom. The normalized spacial score (nSPS) is 11.5. The molecule has 0 atom stereocenters. The minimum Gasteiger partial charge on any atom is -0.264 e. The Morgan fingerprint density at radius 2 is 1.04 bits per heavy atom. The van der Waals surface area contributed by atoms with E-state index in [-0.39, 0.29) is 5.82 Å². The topological polar surface area (TPSA) is 38.7 Å². The van der Waals surface area contributed by atoms with Crippen LogP contribution in [0.5, 0.6) is 0 Å². The average Bonchev–Trinajstić information content (AvgIpc) is 3.14. The summed E-state index contributed by atoms with van der Waals surface area (Å²) in [5.74, 6) is 0.310. The number of nitrogens with zero attached hydrogens (tertiary/aromatic N) is 3. The molecule has 2 aromatic heterocycles. The van der Waals surface area contributed by atoms with E-state index in [2.05, 4.69) is 89.9 Å². The first-order valence-electron chi connectivity index (χ1n) is 15.6. The highest BCUT2D eigenvalue weighted by atomic mass is 19.1. The van der Waals surface area contributed by atoms with Crippen molar-refractivity contribution in [1.82, 2.24) is 15.0 Å². The van der Waals surface area contributed by atoms with Crippen molar-refractivity contribution in [3.05, 3.63) is 164 Å². The largest absolute Gasteiger partial charge is 0.264 e. The van der Waals surface area contributed by atoms with E-state index < -0.39 is 0 Å². The van der Waals surface area contributed by atoms with Crippen molar-refractivity contribution in [3.63, 3.8) is 0 Å². The van der Waals surface area contributed by atoms with E-state index in [1.807, 2.05) is 42.6 Å². The molecule has 9 rings (SSSR count). The van der Waals surface area contributed by atoms with Crippen molar-refractivity contribution < 1.29 is 4.39 Å². The first kappa shape index (κ1) is 27.1. The summed E-state index contributed by atoms with van der Waals surface area (Å²) in [6, 6.07) is 48.9. The fourth-order valence-electron chi connectivity index (χ4n) is 6.74. The van der Waals surface area contributed by atoms with E-state index in [1.165, 1.54) is 50.0 Å². The van der Waals surface area contributed by atoms with Gasteiger partial charge in [0.15, 0.2) is 5.82 Å². The van der Waals surface area contributed by atoms with Gasteiger partial charge in [0.1, 0.15) is 5.82 Å². The van der Waals surface area contributed by atoms with E-state index in [4.69, 9.17) is 9.97 Å². The van der Waals surface area contributed by atoms with Gasteiger partial charge >= 0.3 is 0 Å². The van der Waals surface area contributed by atoms with Gasteiger partial charge in [0.2, 0.25) is 0 Å². The van der Waals surface area contributed by atoms with Gasteiger partial charge in [-0.3, -0.25) is 4.98 Å². The van der Waals surface area contributed by atoms with E-state index in [0.29, 0.717) is 5.82 Å². The molecule has 9 aromatic rings. The molecular formula is C43H26FN3. The first-order valence-corrected chi connectivity index (χ1v) is 15.6. The predicted molar refractivity (Wildman–Crippen MR) is 191 cm³/mol. The summed E-state index contributed by atoms with van der Waals surface area (Å²) in [5.41, 5.74) is 8.52. The number of rotatable bonds is 5. The molecule has 2 heterocycles. The second-order valence-electron chi connectivity index (χ2n) is 11.8. The van der Waals surface area contributed by atoms with Crippen LogP contribution in [0.3, 0.4) is 0 Å². The lowest BCUT2D eigenvalue weighted by Gasteiger charge is -2.15. The molecule has 220 valence electrons. The monoisotopic (exact) mass is 603 g/mol. The summed E-state index contributed by atoms with van der Waals surface area (Å²) < 4.78 is 13.9. The van der Waals surface area contributed by atoms with Crippen LogP contribution in [-0.2, 0) is 0 Å². The third-order valence-electron chi connectivity index (χ3n) is 9.03. The van der Waals surface area contributed by atoms with Crippen LogP contribution in [0.15, 0.2) is 158 Å². The maximum atomic E-state index is 13.9. The van der Waals surface area contributed by atoms with Crippen LogP contribution in [-0.4, -0.2) is 15.0 Å². The molecule has 0 bridgehead atoms. The molecule has 0 amide bonds. The van der Waals surface area contributed by atoms with Crippen LogP contribution in [0.2, 0.25) is 0 Å². The number of hydrogen-bond acceptors (Lipinski definition) is 3. The molecule has 0 N–H and O–H groups in total. The molecule has 0 saturated heterocycles. The van der Waals surface area contributed by atoms with Crippen molar-refractivity contribution in [2.24, 2.45) is 0 Å².